The van der Waals surface area contributed by atoms with Gasteiger partial charge in [-0.1, -0.05) is 26.7 Å². The van der Waals surface area contributed by atoms with Crippen LogP contribution in [0.3, 0.4) is 0 Å². The van der Waals surface area contributed by atoms with Crippen LogP contribution in [0.15, 0.2) is 0 Å². The van der Waals surface area contributed by atoms with Crippen molar-refractivity contribution in [1.82, 2.24) is 4.90 Å². The molecule has 0 radical (unpaired) electrons. The lowest BCUT2D eigenvalue weighted by molar-refractivity contribution is 0.0856. The predicted molar refractivity (Wildman–Crippen MR) is 78.6 cm³/mol. The van der Waals surface area contributed by atoms with Crippen molar-refractivity contribution in [3.05, 3.63) is 0 Å². The fourth-order valence-electron chi connectivity index (χ4n) is 3.85. The molecule has 2 nitrogen and oxygen atoms in total. The third-order valence-corrected chi connectivity index (χ3v) is 4.93. The van der Waals surface area contributed by atoms with Crippen LogP contribution in [0.4, 0.5) is 0 Å². The standard InChI is InChI=1S/C16H32N2/c1-3-9-18(11-15-6-7-15)13-16(12-17)8-4-5-14(2)10-16/h14-15H,3-13,17H2,1-2H3. The van der Waals surface area contributed by atoms with Gasteiger partial charge < -0.3 is 10.6 Å². The van der Waals surface area contributed by atoms with Crippen molar-refractivity contribution in [2.75, 3.05) is 26.2 Å². The van der Waals surface area contributed by atoms with Crippen LogP contribution in [-0.4, -0.2) is 31.1 Å². The molecule has 2 aliphatic rings. The van der Waals surface area contributed by atoms with E-state index in [1.807, 2.05) is 0 Å². The van der Waals surface area contributed by atoms with Gasteiger partial charge in [-0.15, -0.1) is 0 Å². The van der Waals surface area contributed by atoms with E-state index in [1.54, 1.807) is 0 Å². The molecule has 2 aliphatic carbocycles. The first-order valence-corrected chi connectivity index (χ1v) is 8.10. The Morgan fingerprint density at radius 1 is 1.28 bits per heavy atom. The van der Waals surface area contributed by atoms with Gasteiger partial charge in [-0.25, -0.2) is 0 Å². The molecule has 0 aliphatic heterocycles. The molecule has 0 aromatic rings. The Labute approximate surface area is 113 Å². The van der Waals surface area contributed by atoms with Crippen molar-refractivity contribution in [3.8, 4) is 0 Å². The number of nitrogens with two attached hydrogens (primary N) is 1. The molecule has 0 spiro atoms. The first kappa shape index (κ1) is 14.3. The molecule has 2 saturated carbocycles. The zero-order chi connectivity index (χ0) is 13.0. The lowest BCUT2D eigenvalue weighted by Gasteiger charge is -2.42. The van der Waals surface area contributed by atoms with Gasteiger partial charge in [-0.2, -0.15) is 0 Å². The van der Waals surface area contributed by atoms with E-state index in [9.17, 15) is 0 Å². The fraction of sp³-hybridized carbons (Fsp3) is 1.00. The van der Waals surface area contributed by atoms with Crippen LogP contribution in [0.5, 0.6) is 0 Å². The van der Waals surface area contributed by atoms with Crippen molar-refractivity contribution in [3.63, 3.8) is 0 Å². The second-order valence-electron chi connectivity index (χ2n) is 7.08. The summed E-state index contributed by atoms with van der Waals surface area (Å²) in [7, 11) is 0. The van der Waals surface area contributed by atoms with Crippen molar-refractivity contribution in [2.24, 2.45) is 23.0 Å². The molecule has 2 fully saturated rings. The Hall–Kier alpha value is -0.0800. The molecule has 2 rings (SSSR count). The predicted octanol–water partition coefficient (Wildman–Crippen LogP) is 3.26. The zero-order valence-electron chi connectivity index (χ0n) is 12.5. The third kappa shape index (κ3) is 3.96. The molecule has 2 unspecified atom stereocenters. The molecule has 0 aromatic carbocycles. The average Bonchev–Trinajstić information content (AvgIpc) is 3.13. The van der Waals surface area contributed by atoms with Gasteiger partial charge in [0.15, 0.2) is 0 Å². The summed E-state index contributed by atoms with van der Waals surface area (Å²) in [4.78, 5) is 2.72. The van der Waals surface area contributed by atoms with E-state index in [2.05, 4.69) is 18.7 Å². The Morgan fingerprint density at radius 3 is 2.61 bits per heavy atom. The second-order valence-corrected chi connectivity index (χ2v) is 7.08. The van der Waals surface area contributed by atoms with Gasteiger partial charge in [0, 0.05) is 13.1 Å². The molecular formula is C16H32N2. The molecule has 0 saturated heterocycles. The van der Waals surface area contributed by atoms with Crippen molar-refractivity contribution in [2.45, 2.75) is 58.8 Å². The fourth-order valence-corrected chi connectivity index (χ4v) is 3.85. The van der Waals surface area contributed by atoms with Crippen molar-refractivity contribution in [1.29, 1.82) is 0 Å². The summed E-state index contributed by atoms with van der Waals surface area (Å²) in [5, 5.41) is 0. The maximum Gasteiger partial charge on any atom is 0.00503 e. The SMILES string of the molecule is CCCN(CC1CC1)CC1(CN)CCCC(C)C1. The van der Waals surface area contributed by atoms with E-state index in [-0.39, 0.29) is 0 Å². The van der Waals surface area contributed by atoms with Crippen LogP contribution in [-0.2, 0) is 0 Å². The molecule has 2 N–H and O–H groups in total. The van der Waals surface area contributed by atoms with E-state index >= 15 is 0 Å². The minimum absolute atomic E-state index is 0.432. The summed E-state index contributed by atoms with van der Waals surface area (Å²) >= 11 is 0. The van der Waals surface area contributed by atoms with Gasteiger partial charge in [0.05, 0.1) is 0 Å². The smallest absolute Gasteiger partial charge is 0.00503 e. The molecular weight excluding hydrogens is 220 g/mol. The number of rotatable bonds is 7. The van der Waals surface area contributed by atoms with Crippen LogP contribution in [0.1, 0.15) is 58.8 Å². The molecule has 18 heavy (non-hydrogen) atoms. The first-order chi connectivity index (χ1) is 8.67. The maximum atomic E-state index is 6.16. The highest BCUT2D eigenvalue weighted by Gasteiger charge is 2.36. The van der Waals surface area contributed by atoms with Gasteiger partial charge in [0.2, 0.25) is 0 Å². The quantitative estimate of drug-likeness (QED) is 0.753. The monoisotopic (exact) mass is 252 g/mol. The van der Waals surface area contributed by atoms with E-state index in [0.29, 0.717) is 5.41 Å². The van der Waals surface area contributed by atoms with Gasteiger partial charge in [-0.3, -0.25) is 0 Å². The topological polar surface area (TPSA) is 29.3 Å². The Morgan fingerprint density at radius 2 is 2.06 bits per heavy atom. The molecule has 2 atom stereocenters. The third-order valence-electron chi connectivity index (χ3n) is 4.93. The highest BCUT2D eigenvalue weighted by atomic mass is 15.1. The number of nitrogens with zero attached hydrogens (tertiary/aromatic N) is 1. The summed E-state index contributed by atoms with van der Waals surface area (Å²) in [6, 6.07) is 0. The summed E-state index contributed by atoms with van der Waals surface area (Å²) in [5.41, 5.74) is 6.60. The van der Waals surface area contributed by atoms with Crippen LogP contribution in [0.25, 0.3) is 0 Å². The molecule has 0 amide bonds. The summed E-state index contributed by atoms with van der Waals surface area (Å²) in [5.74, 6) is 1.89. The normalized spacial score (nSPS) is 33.0. The molecule has 106 valence electrons. The molecule has 0 heterocycles. The zero-order valence-corrected chi connectivity index (χ0v) is 12.5. The van der Waals surface area contributed by atoms with E-state index in [1.165, 1.54) is 64.6 Å². The lowest BCUT2D eigenvalue weighted by Crippen LogP contribution is -2.46. The Kier molecular flexibility index (Phi) is 5.08. The highest BCUT2D eigenvalue weighted by molar-refractivity contribution is 4.90. The van der Waals surface area contributed by atoms with Crippen molar-refractivity contribution >= 4 is 0 Å². The molecule has 0 bridgehead atoms. The first-order valence-electron chi connectivity index (χ1n) is 8.10. The molecule has 2 heteroatoms. The van der Waals surface area contributed by atoms with E-state index in [4.69, 9.17) is 5.73 Å². The van der Waals surface area contributed by atoms with Gasteiger partial charge in [-0.05, 0) is 62.4 Å². The van der Waals surface area contributed by atoms with Gasteiger partial charge >= 0.3 is 0 Å². The summed E-state index contributed by atoms with van der Waals surface area (Å²) in [6.07, 6.45) is 9.73. The van der Waals surface area contributed by atoms with E-state index in [0.717, 1.165) is 18.4 Å². The molecule has 0 aromatic heterocycles. The van der Waals surface area contributed by atoms with Gasteiger partial charge in [0.25, 0.3) is 0 Å². The summed E-state index contributed by atoms with van der Waals surface area (Å²) in [6.45, 7) is 9.48. The number of hydrogen-bond donors (Lipinski definition) is 1. The largest absolute Gasteiger partial charge is 0.330 e. The Bertz CT molecular complexity index is 249. The maximum absolute atomic E-state index is 6.16. The van der Waals surface area contributed by atoms with Gasteiger partial charge in [0.1, 0.15) is 0 Å². The second kappa shape index (κ2) is 6.38. The Balaban J connectivity index is 1.92. The van der Waals surface area contributed by atoms with Crippen LogP contribution in [0, 0.1) is 17.3 Å². The summed E-state index contributed by atoms with van der Waals surface area (Å²) < 4.78 is 0. The van der Waals surface area contributed by atoms with Crippen LogP contribution in [0.2, 0.25) is 0 Å². The number of hydrogen-bond acceptors (Lipinski definition) is 2. The highest BCUT2D eigenvalue weighted by Crippen LogP contribution is 2.40. The van der Waals surface area contributed by atoms with Crippen LogP contribution >= 0.6 is 0 Å². The lowest BCUT2D eigenvalue weighted by atomic mass is 9.69. The van der Waals surface area contributed by atoms with E-state index < -0.39 is 0 Å². The minimum Gasteiger partial charge on any atom is -0.330 e. The minimum atomic E-state index is 0.432. The van der Waals surface area contributed by atoms with Crippen LogP contribution < -0.4 is 5.73 Å². The van der Waals surface area contributed by atoms with Crippen molar-refractivity contribution < 1.29 is 0 Å². The average molecular weight is 252 g/mol.